The molecule has 0 spiro atoms. The summed E-state index contributed by atoms with van der Waals surface area (Å²) in [6, 6.07) is 0. The Kier molecular flexibility index (Phi) is 5.37. The molecule has 0 saturated carbocycles. The lowest BCUT2D eigenvalue weighted by Crippen LogP contribution is -2.33. The minimum atomic E-state index is -0.893. The van der Waals surface area contributed by atoms with Crippen molar-refractivity contribution < 1.29 is 9.90 Å². The standard InChI is InChI=1S/C14H20N2O3S2/c1-8(13(17)18)12-9(2)15-14(19)16(10(12)3)6-11-7-20-4-5-21-11/h8,11H,4-7H2,1-3H3,(H,17,18). The van der Waals surface area contributed by atoms with Crippen LogP contribution in [-0.4, -0.2) is 43.1 Å². The Bertz CT molecular complexity index is 595. The molecule has 1 aromatic rings. The smallest absolute Gasteiger partial charge is 0.348 e. The molecule has 21 heavy (non-hydrogen) atoms. The molecule has 0 aromatic carbocycles. The number of thioether (sulfide) groups is 2. The minimum absolute atomic E-state index is 0.275. The van der Waals surface area contributed by atoms with Crippen molar-refractivity contribution in [1.29, 1.82) is 0 Å². The van der Waals surface area contributed by atoms with Crippen molar-refractivity contribution in [2.24, 2.45) is 0 Å². The number of carboxylic acids is 1. The summed E-state index contributed by atoms with van der Waals surface area (Å²) in [6.07, 6.45) is 0. The molecule has 116 valence electrons. The number of hydrogen-bond acceptors (Lipinski definition) is 5. The van der Waals surface area contributed by atoms with E-state index in [1.807, 2.05) is 30.4 Å². The van der Waals surface area contributed by atoms with Gasteiger partial charge in [0.2, 0.25) is 0 Å². The molecule has 2 unspecified atom stereocenters. The van der Waals surface area contributed by atoms with Crippen molar-refractivity contribution in [2.45, 2.75) is 38.5 Å². The van der Waals surface area contributed by atoms with E-state index in [4.69, 9.17) is 0 Å². The van der Waals surface area contributed by atoms with Crippen LogP contribution < -0.4 is 5.69 Å². The summed E-state index contributed by atoms with van der Waals surface area (Å²) in [4.78, 5) is 27.5. The van der Waals surface area contributed by atoms with Crippen LogP contribution in [0.3, 0.4) is 0 Å². The third kappa shape index (κ3) is 3.63. The molecule has 0 aliphatic carbocycles. The van der Waals surface area contributed by atoms with Crippen molar-refractivity contribution >= 4 is 29.5 Å². The van der Waals surface area contributed by atoms with Crippen LogP contribution in [0.2, 0.25) is 0 Å². The second kappa shape index (κ2) is 6.87. The van der Waals surface area contributed by atoms with E-state index in [0.717, 1.165) is 23.0 Å². The lowest BCUT2D eigenvalue weighted by Gasteiger charge is -2.24. The topological polar surface area (TPSA) is 72.2 Å². The van der Waals surface area contributed by atoms with Crippen molar-refractivity contribution in [2.75, 3.05) is 17.3 Å². The van der Waals surface area contributed by atoms with Crippen LogP contribution in [0.1, 0.15) is 29.8 Å². The maximum atomic E-state index is 12.2. The molecule has 0 amide bonds. The van der Waals surface area contributed by atoms with Crippen LogP contribution in [-0.2, 0) is 11.3 Å². The first-order chi connectivity index (χ1) is 9.91. The van der Waals surface area contributed by atoms with Gasteiger partial charge in [0.1, 0.15) is 0 Å². The predicted octanol–water partition coefficient (Wildman–Crippen LogP) is 1.90. The number of carboxylic acid groups (broad SMARTS) is 1. The van der Waals surface area contributed by atoms with Crippen LogP contribution in [0.25, 0.3) is 0 Å². The molecular weight excluding hydrogens is 308 g/mol. The Labute approximate surface area is 132 Å². The molecule has 5 nitrogen and oxygen atoms in total. The van der Waals surface area contributed by atoms with Gasteiger partial charge in [0.15, 0.2) is 0 Å². The minimum Gasteiger partial charge on any atom is -0.481 e. The first kappa shape index (κ1) is 16.4. The zero-order chi connectivity index (χ0) is 15.6. The molecule has 1 aliphatic rings. The highest BCUT2D eigenvalue weighted by Crippen LogP contribution is 2.26. The maximum absolute atomic E-state index is 12.2. The Hall–Kier alpha value is -0.950. The lowest BCUT2D eigenvalue weighted by atomic mass is 9.98. The number of hydrogen-bond donors (Lipinski definition) is 1. The van der Waals surface area contributed by atoms with Crippen LogP contribution in [0.15, 0.2) is 4.79 Å². The highest BCUT2D eigenvalue weighted by Gasteiger charge is 2.24. The van der Waals surface area contributed by atoms with Gasteiger partial charge in [0, 0.05) is 46.0 Å². The third-order valence-corrected chi connectivity index (χ3v) is 6.58. The summed E-state index contributed by atoms with van der Waals surface area (Å²) < 4.78 is 1.64. The Morgan fingerprint density at radius 1 is 1.48 bits per heavy atom. The van der Waals surface area contributed by atoms with Gasteiger partial charge in [-0.05, 0) is 20.8 Å². The molecule has 2 heterocycles. The molecule has 0 bridgehead atoms. The molecule has 1 fully saturated rings. The average Bonchev–Trinajstić information content (AvgIpc) is 2.44. The van der Waals surface area contributed by atoms with E-state index in [0.29, 0.717) is 23.1 Å². The fourth-order valence-electron chi connectivity index (χ4n) is 2.63. The number of aryl methyl sites for hydroxylation is 1. The van der Waals surface area contributed by atoms with E-state index < -0.39 is 11.9 Å². The molecule has 7 heteroatoms. The van der Waals surface area contributed by atoms with Crippen LogP contribution in [0, 0.1) is 13.8 Å². The number of rotatable bonds is 4. The van der Waals surface area contributed by atoms with Gasteiger partial charge < -0.3 is 5.11 Å². The predicted molar refractivity (Wildman–Crippen MR) is 87.6 cm³/mol. The Morgan fingerprint density at radius 2 is 2.19 bits per heavy atom. The molecule has 2 rings (SSSR count). The highest BCUT2D eigenvalue weighted by atomic mass is 32.2. The molecule has 1 N–H and O–H groups in total. The Morgan fingerprint density at radius 3 is 2.76 bits per heavy atom. The van der Waals surface area contributed by atoms with Gasteiger partial charge in [-0.3, -0.25) is 9.36 Å². The van der Waals surface area contributed by atoms with Crippen molar-refractivity contribution in [3.63, 3.8) is 0 Å². The Balaban J connectivity index is 2.38. The van der Waals surface area contributed by atoms with E-state index in [1.54, 1.807) is 18.4 Å². The van der Waals surface area contributed by atoms with Crippen molar-refractivity contribution in [3.8, 4) is 0 Å². The summed E-state index contributed by atoms with van der Waals surface area (Å²) in [5.74, 6) is 1.73. The van der Waals surface area contributed by atoms with E-state index in [9.17, 15) is 14.7 Å². The van der Waals surface area contributed by atoms with Crippen LogP contribution in [0.4, 0.5) is 0 Å². The zero-order valence-corrected chi connectivity index (χ0v) is 14.1. The second-order valence-corrected chi connectivity index (χ2v) is 7.78. The molecular formula is C14H20N2O3S2. The average molecular weight is 328 g/mol. The van der Waals surface area contributed by atoms with Gasteiger partial charge in [-0.1, -0.05) is 0 Å². The van der Waals surface area contributed by atoms with Gasteiger partial charge in [0.25, 0.3) is 0 Å². The van der Waals surface area contributed by atoms with E-state index in [2.05, 4.69) is 4.98 Å². The fourth-order valence-corrected chi connectivity index (χ4v) is 5.28. The SMILES string of the molecule is Cc1nc(=O)n(CC2CSCCS2)c(C)c1C(C)C(=O)O. The number of aliphatic carboxylic acids is 1. The lowest BCUT2D eigenvalue weighted by molar-refractivity contribution is -0.138. The largest absolute Gasteiger partial charge is 0.481 e. The first-order valence-electron chi connectivity index (χ1n) is 6.92. The summed E-state index contributed by atoms with van der Waals surface area (Å²) in [5.41, 5.74) is 1.64. The summed E-state index contributed by atoms with van der Waals surface area (Å²) >= 11 is 3.78. The van der Waals surface area contributed by atoms with Crippen molar-refractivity contribution in [3.05, 3.63) is 27.4 Å². The van der Waals surface area contributed by atoms with E-state index in [1.165, 1.54) is 0 Å². The maximum Gasteiger partial charge on any atom is 0.348 e. The van der Waals surface area contributed by atoms with E-state index in [-0.39, 0.29) is 5.69 Å². The van der Waals surface area contributed by atoms with Gasteiger partial charge in [-0.2, -0.15) is 28.5 Å². The highest BCUT2D eigenvalue weighted by molar-refractivity contribution is 8.06. The van der Waals surface area contributed by atoms with Crippen LogP contribution >= 0.6 is 23.5 Å². The normalized spacial score (nSPS) is 20.2. The molecule has 1 aromatic heterocycles. The summed E-state index contributed by atoms with van der Waals surface area (Å²) in [5, 5.41) is 9.63. The van der Waals surface area contributed by atoms with Crippen molar-refractivity contribution in [1.82, 2.24) is 9.55 Å². The van der Waals surface area contributed by atoms with E-state index >= 15 is 0 Å². The molecule has 1 saturated heterocycles. The summed E-state index contributed by atoms with van der Waals surface area (Å²) in [6.45, 7) is 5.78. The van der Waals surface area contributed by atoms with Gasteiger partial charge in [0.05, 0.1) is 5.92 Å². The number of nitrogens with zero attached hydrogens (tertiary/aromatic N) is 2. The van der Waals surface area contributed by atoms with Crippen LogP contribution in [0.5, 0.6) is 0 Å². The number of aromatic nitrogens is 2. The number of carbonyl (C=O) groups is 1. The summed E-state index contributed by atoms with van der Waals surface area (Å²) in [7, 11) is 0. The van der Waals surface area contributed by atoms with Gasteiger partial charge in [-0.15, -0.1) is 0 Å². The second-order valence-electron chi connectivity index (χ2n) is 5.22. The quantitative estimate of drug-likeness (QED) is 0.910. The first-order valence-corrected chi connectivity index (χ1v) is 9.12. The zero-order valence-electron chi connectivity index (χ0n) is 12.5. The molecule has 1 aliphatic heterocycles. The monoisotopic (exact) mass is 328 g/mol. The molecule has 2 atom stereocenters. The fraction of sp³-hybridized carbons (Fsp3) is 0.643. The van der Waals surface area contributed by atoms with Gasteiger partial charge >= 0.3 is 11.7 Å². The molecule has 0 radical (unpaired) electrons. The third-order valence-electron chi connectivity index (χ3n) is 3.75. The van der Waals surface area contributed by atoms with Gasteiger partial charge in [-0.25, -0.2) is 4.79 Å².